The molecule has 1 unspecified atom stereocenters. The van der Waals surface area contributed by atoms with Gasteiger partial charge < -0.3 is 20.3 Å². The molecule has 2 N–H and O–H groups in total. The second kappa shape index (κ2) is 11.9. The zero-order chi connectivity index (χ0) is 18.1. The Balaban J connectivity index is 0.00000338. The molecular formula is C18H28IN5OS. The number of hydrogen-bond acceptors (Lipinski definition) is 5. The summed E-state index contributed by atoms with van der Waals surface area (Å²) in [5, 5.41) is 9.61. The summed E-state index contributed by atoms with van der Waals surface area (Å²) in [7, 11) is 3.98. The number of halogens is 1. The number of benzene rings is 1. The van der Waals surface area contributed by atoms with E-state index in [9.17, 15) is 0 Å². The van der Waals surface area contributed by atoms with Crippen LogP contribution in [-0.4, -0.2) is 44.2 Å². The largest absolute Gasteiger partial charge is 0.489 e. The molecule has 0 spiro atoms. The van der Waals surface area contributed by atoms with Crippen LogP contribution in [0.25, 0.3) is 0 Å². The third kappa shape index (κ3) is 7.77. The van der Waals surface area contributed by atoms with Crippen molar-refractivity contribution < 1.29 is 4.74 Å². The van der Waals surface area contributed by atoms with Gasteiger partial charge in [0.15, 0.2) is 11.1 Å². The van der Waals surface area contributed by atoms with Gasteiger partial charge in [-0.25, -0.2) is 9.98 Å². The number of ether oxygens (including phenoxy) is 1. The Morgan fingerprint density at radius 1 is 1.27 bits per heavy atom. The second-order valence-corrected chi connectivity index (χ2v) is 6.67. The smallest absolute Gasteiger partial charge is 0.191 e. The monoisotopic (exact) mass is 489 g/mol. The fraction of sp³-hybridized carbons (Fsp3) is 0.444. The van der Waals surface area contributed by atoms with Crippen LogP contribution in [-0.2, 0) is 6.54 Å². The summed E-state index contributed by atoms with van der Waals surface area (Å²) in [5.74, 6) is 1.64. The quantitative estimate of drug-likeness (QED) is 0.339. The molecule has 1 heterocycles. The van der Waals surface area contributed by atoms with Crippen molar-refractivity contribution in [2.45, 2.75) is 26.5 Å². The molecule has 0 fully saturated rings. The lowest BCUT2D eigenvalue weighted by Gasteiger charge is -2.17. The number of anilines is 1. The van der Waals surface area contributed by atoms with E-state index in [-0.39, 0.29) is 30.1 Å². The SMILES string of the molecule is CCNC(=NCc1csc(N(C)C)n1)NCC(C)Oc1ccccc1.I. The molecule has 1 aromatic carbocycles. The van der Waals surface area contributed by atoms with Gasteiger partial charge in [-0.2, -0.15) is 0 Å². The van der Waals surface area contributed by atoms with Gasteiger partial charge in [-0.3, -0.25) is 0 Å². The normalized spacial score (nSPS) is 12.1. The standard InChI is InChI=1S/C18H27N5OS.HI/c1-5-19-17(21-12-15-13-25-18(22-15)23(3)4)20-11-14(2)24-16-9-7-6-8-10-16;/h6-10,13-14H,5,11-12H2,1-4H3,(H2,19,20,21);1H. The van der Waals surface area contributed by atoms with E-state index < -0.39 is 0 Å². The van der Waals surface area contributed by atoms with Gasteiger partial charge in [0.1, 0.15) is 11.9 Å². The molecule has 0 radical (unpaired) electrons. The Bertz CT molecular complexity index is 663. The summed E-state index contributed by atoms with van der Waals surface area (Å²) in [4.78, 5) is 11.2. The van der Waals surface area contributed by atoms with Crippen molar-refractivity contribution in [3.63, 3.8) is 0 Å². The minimum absolute atomic E-state index is 0. The van der Waals surface area contributed by atoms with E-state index in [1.54, 1.807) is 11.3 Å². The van der Waals surface area contributed by atoms with Gasteiger partial charge in [0.05, 0.1) is 18.8 Å². The van der Waals surface area contributed by atoms with Crippen LogP contribution in [0.5, 0.6) is 5.75 Å². The van der Waals surface area contributed by atoms with Crippen molar-refractivity contribution in [3.05, 3.63) is 41.4 Å². The Kier molecular flexibility index (Phi) is 10.3. The fourth-order valence-corrected chi connectivity index (χ4v) is 2.84. The number of rotatable bonds is 8. The van der Waals surface area contributed by atoms with Crippen LogP contribution < -0.4 is 20.3 Å². The Morgan fingerprint density at radius 3 is 2.62 bits per heavy atom. The van der Waals surface area contributed by atoms with E-state index in [1.807, 2.05) is 68.6 Å². The summed E-state index contributed by atoms with van der Waals surface area (Å²) in [6, 6.07) is 9.83. The predicted molar refractivity (Wildman–Crippen MR) is 121 cm³/mol. The van der Waals surface area contributed by atoms with E-state index in [4.69, 9.17) is 4.74 Å². The van der Waals surface area contributed by atoms with Crippen molar-refractivity contribution in [3.8, 4) is 5.75 Å². The van der Waals surface area contributed by atoms with Crippen LogP contribution in [0.4, 0.5) is 5.13 Å². The highest BCUT2D eigenvalue weighted by molar-refractivity contribution is 14.0. The molecule has 26 heavy (non-hydrogen) atoms. The van der Waals surface area contributed by atoms with Crippen LogP contribution in [0.15, 0.2) is 40.7 Å². The zero-order valence-corrected chi connectivity index (χ0v) is 18.9. The Labute approximate surface area is 177 Å². The van der Waals surface area contributed by atoms with Gasteiger partial charge in [0.25, 0.3) is 0 Å². The number of hydrogen-bond donors (Lipinski definition) is 2. The number of thiazole rings is 1. The van der Waals surface area contributed by atoms with Crippen molar-refractivity contribution >= 4 is 46.4 Å². The highest BCUT2D eigenvalue weighted by Gasteiger charge is 2.07. The van der Waals surface area contributed by atoms with Crippen LogP contribution in [0.1, 0.15) is 19.5 Å². The minimum Gasteiger partial charge on any atom is -0.489 e. The molecule has 144 valence electrons. The van der Waals surface area contributed by atoms with E-state index in [0.29, 0.717) is 13.1 Å². The summed E-state index contributed by atoms with van der Waals surface area (Å²) in [6.07, 6.45) is 0.0332. The third-order valence-corrected chi connectivity index (χ3v) is 4.36. The number of aromatic nitrogens is 1. The molecule has 0 aliphatic rings. The van der Waals surface area contributed by atoms with Crippen molar-refractivity contribution in [1.82, 2.24) is 15.6 Å². The fourth-order valence-electron chi connectivity index (χ4n) is 2.09. The average molecular weight is 489 g/mol. The predicted octanol–water partition coefficient (Wildman–Crippen LogP) is 3.35. The summed E-state index contributed by atoms with van der Waals surface area (Å²) >= 11 is 1.63. The summed E-state index contributed by atoms with van der Waals surface area (Å²) < 4.78 is 5.87. The van der Waals surface area contributed by atoms with E-state index in [2.05, 4.69) is 20.6 Å². The topological polar surface area (TPSA) is 61.8 Å². The number of nitrogens with one attached hydrogen (secondary N) is 2. The minimum atomic E-state index is 0. The maximum atomic E-state index is 5.87. The number of nitrogens with zero attached hydrogens (tertiary/aromatic N) is 3. The van der Waals surface area contributed by atoms with E-state index >= 15 is 0 Å². The number of aliphatic imine (C=N–C) groups is 1. The molecule has 1 atom stereocenters. The molecule has 0 aliphatic carbocycles. The molecule has 8 heteroatoms. The van der Waals surface area contributed by atoms with Gasteiger partial charge in [0.2, 0.25) is 0 Å². The van der Waals surface area contributed by atoms with E-state index in [0.717, 1.165) is 29.1 Å². The highest BCUT2D eigenvalue weighted by atomic mass is 127. The molecule has 2 rings (SSSR count). The highest BCUT2D eigenvalue weighted by Crippen LogP contribution is 2.18. The molecule has 0 aliphatic heterocycles. The van der Waals surface area contributed by atoms with Gasteiger partial charge in [-0.15, -0.1) is 35.3 Å². The van der Waals surface area contributed by atoms with Crippen molar-refractivity contribution in [2.75, 3.05) is 32.1 Å². The van der Waals surface area contributed by atoms with Crippen LogP contribution >= 0.6 is 35.3 Å². The molecular weight excluding hydrogens is 461 g/mol. The third-order valence-electron chi connectivity index (χ3n) is 3.30. The van der Waals surface area contributed by atoms with Crippen molar-refractivity contribution in [2.24, 2.45) is 4.99 Å². The molecule has 0 bridgehead atoms. The first-order valence-corrected chi connectivity index (χ1v) is 9.32. The molecule has 2 aromatic rings. The lowest BCUT2D eigenvalue weighted by Crippen LogP contribution is -2.41. The van der Waals surface area contributed by atoms with Crippen LogP contribution in [0.3, 0.4) is 0 Å². The molecule has 1 aromatic heterocycles. The molecule has 6 nitrogen and oxygen atoms in total. The molecule has 0 amide bonds. The Hall–Kier alpha value is -1.55. The lowest BCUT2D eigenvalue weighted by atomic mass is 10.3. The maximum Gasteiger partial charge on any atom is 0.191 e. The lowest BCUT2D eigenvalue weighted by molar-refractivity contribution is 0.224. The maximum absolute atomic E-state index is 5.87. The number of guanidine groups is 1. The van der Waals surface area contributed by atoms with Gasteiger partial charge in [-0.05, 0) is 26.0 Å². The molecule has 0 saturated heterocycles. The summed E-state index contributed by atoms with van der Waals surface area (Å²) in [6.45, 7) is 6.11. The van der Waals surface area contributed by atoms with Gasteiger partial charge in [-0.1, -0.05) is 18.2 Å². The van der Waals surface area contributed by atoms with Gasteiger partial charge in [0, 0.05) is 26.0 Å². The molecule has 0 saturated carbocycles. The second-order valence-electron chi connectivity index (χ2n) is 5.83. The number of para-hydroxylation sites is 1. The first-order valence-electron chi connectivity index (χ1n) is 8.44. The van der Waals surface area contributed by atoms with E-state index in [1.165, 1.54) is 0 Å². The Morgan fingerprint density at radius 2 is 2.00 bits per heavy atom. The first-order chi connectivity index (χ1) is 12.1. The average Bonchev–Trinajstić information content (AvgIpc) is 3.07. The summed E-state index contributed by atoms with van der Waals surface area (Å²) in [5.41, 5.74) is 0.972. The van der Waals surface area contributed by atoms with Crippen LogP contribution in [0, 0.1) is 0 Å². The van der Waals surface area contributed by atoms with Crippen molar-refractivity contribution in [1.29, 1.82) is 0 Å². The first kappa shape index (κ1) is 22.5. The van der Waals surface area contributed by atoms with Crippen LogP contribution in [0.2, 0.25) is 0 Å². The zero-order valence-electron chi connectivity index (χ0n) is 15.7. The van der Waals surface area contributed by atoms with Gasteiger partial charge >= 0.3 is 0 Å².